The van der Waals surface area contributed by atoms with Gasteiger partial charge in [0.1, 0.15) is 35.4 Å². The molecule has 0 saturated heterocycles. The molecule has 6 heterocycles. The van der Waals surface area contributed by atoms with Gasteiger partial charge in [-0.2, -0.15) is 0 Å². The Balaban J connectivity index is 0.721. The van der Waals surface area contributed by atoms with Gasteiger partial charge < -0.3 is 19.3 Å². The maximum atomic E-state index is 13.9. The number of rotatable bonds is 4. The van der Waals surface area contributed by atoms with E-state index < -0.39 is 6.04 Å². The highest BCUT2D eigenvalue weighted by atomic mass is 16.5. The number of anilines is 6. The number of dihydropyridines is 1. The van der Waals surface area contributed by atoms with Gasteiger partial charge >= 0.3 is 0 Å². The molecule has 6 unspecified atom stereocenters. The molecule has 350 valence electrons. The Kier molecular flexibility index (Phi) is 8.69. The largest absolute Gasteiger partial charge is 0.485 e. The summed E-state index contributed by atoms with van der Waals surface area (Å²) in [6.07, 6.45) is 24.2. The summed E-state index contributed by atoms with van der Waals surface area (Å²) in [5.41, 5.74) is 18.9. The van der Waals surface area contributed by atoms with Crippen molar-refractivity contribution in [1.82, 2.24) is 0 Å². The summed E-state index contributed by atoms with van der Waals surface area (Å²) in [7, 11) is 0. The first-order valence-corrected chi connectivity index (χ1v) is 25.6. The molecule has 0 radical (unpaired) electrons. The van der Waals surface area contributed by atoms with E-state index in [0.29, 0.717) is 5.70 Å². The lowest BCUT2D eigenvalue weighted by molar-refractivity contribution is -0.116. The van der Waals surface area contributed by atoms with Gasteiger partial charge in [-0.3, -0.25) is 14.8 Å². The number of fused-ring (bicyclic) bond motifs is 12. The van der Waals surface area contributed by atoms with Gasteiger partial charge in [-0.25, -0.2) is 0 Å². The van der Waals surface area contributed by atoms with Gasteiger partial charge in [-0.15, -0.1) is 0 Å². The van der Waals surface area contributed by atoms with E-state index >= 15 is 0 Å². The number of ketones is 1. The van der Waals surface area contributed by atoms with Crippen LogP contribution in [0.1, 0.15) is 96.4 Å². The Morgan fingerprint density at radius 1 is 0.569 bits per heavy atom. The molecule has 0 N–H and O–H groups in total. The van der Waals surface area contributed by atoms with E-state index in [1.165, 1.54) is 61.7 Å². The zero-order valence-electron chi connectivity index (χ0n) is 40.7. The standard InChI is InChI=1S/C65H52N4O3/c1-64(2)49-15-7-9-17-53(49)68(55-31-45-43-13-5-11-19-57(43)71-59(45)33-51(55)64)41-25-21-37(22-26-41)39-29-47-48-30-40(36-67-62(48)63(70)61(47)66-35-39)38-23-27-42(28-24-38)69-54-18-10-8-16-50(54)65(3,4)52-34-60-46(32-56(52)69)44-14-6-12-20-58(44)72-60/h5-29,31-36,40,43-44,47,57-58,61H,30H2,1-4H3/t40?,43?,44?,47?,57?,58?,61-/m0/s1. The number of Topliss-reactive ketones (excluding diaryl/α,β-unsaturated/α-hetero) is 1. The lowest BCUT2D eigenvalue weighted by atomic mass is 9.72. The molecular weight excluding hydrogens is 885 g/mol. The number of nitrogens with zero attached hydrogens (tertiary/aromatic N) is 4. The van der Waals surface area contributed by atoms with Crippen LogP contribution < -0.4 is 19.3 Å². The Morgan fingerprint density at radius 2 is 1.10 bits per heavy atom. The topological polar surface area (TPSA) is 66.7 Å². The molecule has 6 aromatic carbocycles. The van der Waals surface area contributed by atoms with Crippen molar-refractivity contribution in [1.29, 1.82) is 0 Å². The van der Waals surface area contributed by atoms with E-state index in [9.17, 15) is 4.79 Å². The van der Waals surface area contributed by atoms with Gasteiger partial charge in [0.15, 0.2) is 0 Å². The minimum absolute atomic E-state index is 0.0172. The van der Waals surface area contributed by atoms with Crippen LogP contribution in [0.5, 0.6) is 11.5 Å². The minimum Gasteiger partial charge on any atom is -0.485 e. The first kappa shape index (κ1) is 41.7. The number of carbonyl (C=O) groups is 1. The molecule has 6 aliphatic heterocycles. The van der Waals surface area contributed by atoms with Gasteiger partial charge in [0, 0.05) is 69.4 Å². The number of allylic oxidation sites excluding steroid dienone is 5. The fraction of sp³-hybridized carbons (Fsp3) is 0.215. The molecule has 15 rings (SSSR count). The van der Waals surface area contributed by atoms with Gasteiger partial charge in [0.2, 0.25) is 5.78 Å². The van der Waals surface area contributed by atoms with E-state index in [-0.39, 0.29) is 52.5 Å². The zero-order chi connectivity index (χ0) is 48.2. The fourth-order valence-corrected chi connectivity index (χ4v) is 13.5. The quantitative estimate of drug-likeness (QED) is 0.176. The third-order valence-electron chi connectivity index (χ3n) is 17.3. The average molecular weight is 937 g/mol. The highest BCUT2D eigenvalue weighted by Gasteiger charge is 2.46. The molecular formula is C65H52N4O3. The Bertz CT molecular complexity index is 3640. The first-order chi connectivity index (χ1) is 35.1. The van der Waals surface area contributed by atoms with E-state index in [1.54, 1.807) is 0 Å². The lowest BCUT2D eigenvalue weighted by Gasteiger charge is -2.42. The van der Waals surface area contributed by atoms with Crippen LogP contribution in [-0.2, 0) is 15.6 Å². The van der Waals surface area contributed by atoms with Crippen molar-refractivity contribution in [3.8, 4) is 11.5 Å². The number of para-hydroxylation sites is 2. The molecule has 0 saturated carbocycles. The second-order valence-electron chi connectivity index (χ2n) is 21.9. The molecule has 3 aliphatic carbocycles. The summed E-state index contributed by atoms with van der Waals surface area (Å²) in [6.45, 7) is 9.29. The van der Waals surface area contributed by atoms with Crippen molar-refractivity contribution in [3.63, 3.8) is 0 Å². The van der Waals surface area contributed by atoms with Crippen LogP contribution in [-0.4, -0.2) is 36.5 Å². The molecule has 6 aromatic rings. The van der Waals surface area contributed by atoms with E-state index in [0.717, 1.165) is 46.0 Å². The van der Waals surface area contributed by atoms with E-state index in [2.05, 4.69) is 214 Å². The first-order valence-electron chi connectivity index (χ1n) is 25.6. The molecule has 7 atom stereocenters. The zero-order valence-corrected chi connectivity index (χ0v) is 40.7. The second-order valence-corrected chi connectivity index (χ2v) is 21.9. The number of carbonyl (C=O) groups excluding carboxylic acids is 1. The van der Waals surface area contributed by atoms with Crippen molar-refractivity contribution in [2.75, 3.05) is 9.80 Å². The van der Waals surface area contributed by atoms with Gasteiger partial charge in [0.25, 0.3) is 0 Å². The van der Waals surface area contributed by atoms with Crippen LogP contribution in [0.3, 0.4) is 0 Å². The van der Waals surface area contributed by atoms with Crippen molar-refractivity contribution in [3.05, 3.63) is 232 Å². The number of aliphatic imine (C=N–C) groups is 2. The summed E-state index contributed by atoms with van der Waals surface area (Å²) in [6, 6.07) is 44.3. The summed E-state index contributed by atoms with van der Waals surface area (Å²) in [5.74, 6) is 2.24. The molecule has 0 amide bonds. The normalized spacial score (nSPS) is 26.2. The van der Waals surface area contributed by atoms with Crippen LogP contribution in [0.25, 0.3) is 5.57 Å². The Labute approximate surface area is 420 Å². The summed E-state index contributed by atoms with van der Waals surface area (Å²) in [4.78, 5) is 28.6. The molecule has 7 nitrogen and oxygen atoms in total. The van der Waals surface area contributed by atoms with Gasteiger partial charge in [-0.1, -0.05) is 131 Å². The summed E-state index contributed by atoms with van der Waals surface area (Å²) < 4.78 is 13.1. The third-order valence-corrected chi connectivity index (χ3v) is 17.3. The molecule has 0 bridgehead atoms. The van der Waals surface area contributed by atoms with Crippen LogP contribution in [0.4, 0.5) is 34.1 Å². The molecule has 9 aliphatic rings. The number of benzene rings is 6. The Morgan fingerprint density at radius 3 is 1.67 bits per heavy atom. The van der Waals surface area contributed by atoms with E-state index in [4.69, 9.17) is 19.5 Å². The van der Waals surface area contributed by atoms with Gasteiger partial charge in [-0.05, 0) is 124 Å². The predicted molar refractivity (Wildman–Crippen MR) is 289 cm³/mol. The van der Waals surface area contributed by atoms with Crippen molar-refractivity contribution in [2.45, 2.75) is 80.9 Å². The maximum Gasteiger partial charge on any atom is 0.206 e. The molecule has 0 fully saturated rings. The smallest absolute Gasteiger partial charge is 0.206 e. The van der Waals surface area contributed by atoms with Crippen molar-refractivity contribution < 1.29 is 14.3 Å². The Hall–Kier alpha value is -8.03. The summed E-state index contributed by atoms with van der Waals surface area (Å²) >= 11 is 0. The molecule has 7 heteroatoms. The maximum absolute atomic E-state index is 13.9. The second kappa shape index (κ2) is 15.0. The minimum atomic E-state index is -0.480. The third kappa shape index (κ3) is 5.88. The number of hydrogen-bond acceptors (Lipinski definition) is 7. The van der Waals surface area contributed by atoms with Crippen LogP contribution in [0.15, 0.2) is 197 Å². The monoisotopic (exact) mass is 936 g/mol. The van der Waals surface area contributed by atoms with Gasteiger partial charge in [0.05, 0.1) is 22.7 Å². The number of ether oxygens (including phenoxy) is 2. The van der Waals surface area contributed by atoms with Crippen LogP contribution in [0.2, 0.25) is 0 Å². The summed E-state index contributed by atoms with van der Waals surface area (Å²) in [5, 5.41) is 0. The van der Waals surface area contributed by atoms with Crippen LogP contribution >= 0.6 is 0 Å². The SMILES string of the molecule is CC1(C)c2ccccc2N(c2ccc(C3=CC4C5=C(N=CC(c6ccc(N7c8ccccc8C(C)(C)c8cc9c(cc87)C7C=CC=CC7O9)cc6)C5)C(=O)[C@H]4N=C3)cc2)c2cc3c(cc21)OC1C=CC=CC31. The highest BCUT2D eigenvalue weighted by molar-refractivity contribution is 6.15. The lowest BCUT2D eigenvalue weighted by Crippen LogP contribution is -2.30. The predicted octanol–water partition coefficient (Wildman–Crippen LogP) is 14.4. The van der Waals surface area contributed by atoms with E-state index in [1.807, 2.05) is 12.4 Å². The van der Waals surface area contributed by atoms with Crippen molar-refractivity contribution in [2.24, 2.45) is 15.9 Å². The number of hydrogen-bond donors (Lipinski definition) is 0. The molecule has 0 spiro atoms. The molecule has 72 heavy (non-hydrogen) atoms. The highest BCUT2D eigenvalue weighted by Crippen LogP contribution is 2.58. The van der Waals surface area contributed by atoms with Crippen LogP contribution in [0, 0.1) is 5.92 Å². The fourth-order valence-electron chi connectivity index (χ4n) is 13.5. The molecule has 0 aromatic heterocycles. The average Bonchev–Trinajstić information content (AvgIpc) is 4.06. The van der Waals surface area contributed by atoms with Crippen molar-refractivity contribution >= 4 is 57.9 Å².